The Bertz CT molecular complexity index is 455. The van der Waals surface area contributed by atoms with E-state index in [1.807, 2.05) is 0 Å². The van der Waals surface area contributed by atoms with Gasteiger partial charge in [0.25, 0.3) is 0 Å². The summed E-state index contributed by atoms with van der Waals surface area (Å²) < 4.78 is 4.50. The molecule has 1 rings (SSSR count). The van der Waals surface area contributed by atoms with E-state index in [1.54, 1.807) is 0 Å². The molecular weight excluding hydrogens is 226 g/mol. The number of esters is 1. The van der Waals surface area contributed by atoms with Crippen LogP contribution in [0.2, 0.25) is 0 Å². The number of anilines is 1. The van der Waals surface area contributed by atoms with Crippen molar-refractivity contribution >= 4 is 23.9 Å². The lowest BCUT2D eigenvalue weighted by atomic mass is 10.1. The van der Waals surface area contributed by atoms with Gasteiger partial charge in [-0.15, -0.1) is 0 Å². The molecule has 0 amide bonds. The SMILES string of the molecule is COC(=O)c1ccc(NCC(=O)O)c(C=O)c1. The molecule has 0 aliphatic rings. The predicted octanol–water partition coefficient (Wildman–Crippen LogP) is 0.782. The number of carbonyl (C=O) groups excluding carboxylic acids is 2. The zero-order valence-corrected chi connectivity index (χ0v) is 9.10. The van der Waals surface area contributed by atoms with Crippen LogP contribution in [0.25, 0.3) is 0 Å². The second kappa shape index (κ2) is 5.64. The molecule has 0 bridgehead atoms. The maximum atomic E-state index is 11.2. The van der Waals surface area contributed by atoms with E-state index in [1.165, 1.54) is 25.3 Å². The Morgan fingerprint density at radius 2 is 2.18 bits per heavy atom. The van der Waals surface area contributed by atoms with Crippen molar-refractivity contribution < 1.29 is 24.2 Å². The quantitative estimate of drug-likeness (QED) is 0.580. The summed E-state index contributed by atoms with van der Waals surface area (Å²) in [6, 6.07) is 4.24. The summed E-state index contributed by atoms with van der Waals surface area (Å²) in [5.74, 6) is -1.60. The molecule has 0 aliphatic heterocycles. The molecular formula is C11H11NO5. The van der Waals surface area contributed by atoms with Gasteiger partial charge in [-0.1, -0.05) is 0 Å². The molecule has 6 heteroatoms. The van der Waals surface area contributed by atoms with Gasteiger partial charge in [-0.2, -0.15) is 0 Å². The number of nitrogens with one attached hydrogen (secondary N) is 1. The van der Waals surface area contributed by atoms with Crippen LogP contribution in [0, 0.1) is 0 Å². The number of hydrogen-bond donors (Lipinski definition) is 2. The Morgan fingerprint density at radius 3 is 2.71 bits per heavy atom. The number of ether oxygens (including phenoxy) is 1. The van der Waals surface area contributed by atoms with Crippen LogP contribution < -0.4 is 5.32 Å². The van der Waals surface area contributed by atoms with Crippen molar-refractivity contribution in [2.24, 2.45) is 0 Å². The number of aldehydes is 1. The first-order chi connectivity index (χ1) is 8.08. The topological polar surface area (TPSA) is 92.7 Å². The average molecular weight is 237 g/mol. The van der Waals surface area contributed by atoms with Crippen molar-refractivity contribution in [3.8, 4) is 0 Å². The van der Waals surface area contributed by atoms with Crippen molar-refractivity contribution in [2.75, 3.05) is 19.0 Å². The summed E-state index contributed by atoms with van der Waals surface area (Å²) in [7, 11) is 1.24. The summed E-state index contributed by atoms with van der Waals surface area (Å²) in [6.45, 7) is -0.307. The maximum absolute atomic E-state index is 11.2. The molecule has 6 nitrogen and oxygen atoms in total. The molecule has 90 valence electrons. The third-order valence-electron chi connectivity index (χ3n) is 2.03. The lowest BCUT2D eigenvalue weighted by Crippen LogP contribution is -2.14. The van der Waals surface area contributed by atoms with E-state index >= 15 is 0 Å². The van der Waals surface area contributed by atoms with Crippen LogP contribution in [0.3, 0.4) is 0 Å². The van der Waals surface area contributed by atoms with Gasteiger partial charge in [0.1, 0.15) is 6.54 Å². The zero-order chi connectivity index (χ0) is 12.8. The monoisotopic (exact) mass is 237 g/mol. The van der Waals surface area contributed by atoms with E-state index in [0.29, 0.717) is 12.0 Å². The Kier molecular flexibility index (Phi) is 4.21. The van der Waals surface area contributed by atoms with Gasteiger partial charge in [0, 0.05) is 11.3 Å². The van der Waals surface area contributed by atoms with E-state index in [0.717, 1.165) is 0 Å². The van der Waals surface area contributed by atoms with E-state index in [-0.39, 0.29) is 17.7 Å². The number of aliphatic carboxylic acids is 1. The minimum absolute atomic E-state index is 0.203. The fourth-order valence-electron chi connectivity index (χ4n) is 1.24. The van der Waals surface area contributed by atoms with Crippen molar-refractivity contribution in [1.82, 2.24) is 0 Å². The Morgan fingerprint density at radius 1 is 1.47 bits per heavy atom. The van der Waals surface area contributed by atoms with Gasteiger partial charge in [0.15, 0.2) is 6.29 Å². The molecule has 0 atom stereocenters. The number of hydrogen-bond acceptors (Lipinski definition) is 5. The average Bonchev–Trinajstić information content (AvgIpc) is 2.34. The van der Waals surface area contributed by atoms with Crippen molar-refractivity contribution in [3.63, 3.8) is 0 Å². The highest BCUT2D eigenvalue weighted by molar-refractivity contribution is 5.94. The van der Waals surface area contributed by atoms with Gasteiger partial charge >= 0.3 is 11.9 Å². The number of benzene rings is 1. The normalized spacial score (nSPS) is 9.47. The fraction of sp³-hybridized carbons (Fsp3) is 0.182. The van der Waals surface area contributed by atoms with Crippen molar-refractivity contribution in [1.29, 1.82) is 0 Å². The standard InChI is InChI=1S/C11H11NO5/c1-17-11(16)7-2-3-9(8(4-7)6-13)12-5-10(14)15/h2-4,6,12H,5H2,1H3,(H,14,15). The summed E-state index contributed by atoms with van der Waals surface area (Å²) in [4.78, 5) is 32.4. The Hall–Kier alpha value is -2.37. The van der Waals surface area contributed by atoms with Crippen LogP contribution in [0.5, 0.6) is 0 Å². The third kappa shape index (κ3) is 3.30. The summed E-state index contributed by atoms with van der Waals surface area (Å²) in [5.41, 5.74) is 0.791. The van der Waals surface area contributed by atoms with Crippen molar-refractivity contribution in [3.05, 3.63) is 29.3 Å². The lowest BCUT2D eigenvalue weighted by Gasteiger charge is -2.07. The van der Waals surface area contributed by atoms with Crippen LogP contribution in [0.1, 0.15) is 20.7 Å². The summed E-state index contributed by atoms with van der Waals surface area (Å²) >= 11 is 0. The largest absolute Gasteiger partial charge is 0.480 e. The highest BCUT2D eigenvalue weighted by Crippen LogP contribution is 2.16. The first-order valence-electron chi connectivity index (χ1n) is 4.71. The molecule has 0 fully saturated rings. The highest BCUT2D eigenvalue weighted by atomic mass is 16.5. The number of methoxy groups -OCH3 is 1. The summed E-state index contributed by atoms with van der Waals surface area (Å²) in [5, 5.41) is 11.1. The molecule has 0 spiro atoms. The predicted molar refractivity (Wildman–Crippen MR) is 59.3 cm³/mol. The molecule has 0 radical (unpaired) electrons. The second-order valence-corrected chi connectivity index (χ2v) is 3.16. The van der Waals surface area contributed by atoms with Crippen LogP contribution in [-0.2, 0) is 9.53 Å². The van der Waals surface area contributed by atoms with Crippen molar-refractivity contribution in [2.45, 2.75) is 0 Å². The van der Waals surface area contributed by atoms with E-state index in [4.69, 9.17) is 5.11 Å². The summed E-state index contributed by atoms with van der Waals surface area (Å²) in [6.07, 6.45) is 0.538. The molecule has 0 saturated heterocycles. The minimum atomic E-state index is -1.04. The van der Waals surface area contributed by atoms with Gasteiger partial charge in [-0.05, 0) is 18.2 Å². The molecule has 0 saturated carbocycles. The number of carboxylic acids is 1. The second-order valence-electron chi connectivity index (χ2n) is 3.16. The molecule has 0 aliphatic carbocycles. The zero-order valence-electron chi connectivity index (χ0n) is 9.10. The molecule has 0 heterocycles. The highest BCUT2D eigenvalue weighted by Gasteiger charge is 2.09. The van der Waals surface area contributed by atoms with Gasteiger partial charge in [0.05, 0.1) is 12.7 Å². The van der Waals surface area contributed by atoms with Gasteiger partial charge in [-0.25, -0.2) is 4.79 Å². The number of carboxylic acid groups (broad SMARTS) is 1. The first-order valence-corrected chi connectivity index (χ1v) is 4.71. The third-order valence-corrected chi connectivity index (χ3v) is 2.03. The molecule has 0 unspecified atom stereocenters. The number of carbonyl (C=O) groups is 3. The van der Waals surface area contributed by atoms with E-state index in [2.05, 4.69) is 10.1 Å². The van der Waals surface area contributed by atoms with Gasteiger partial charge in [0.2, 0.25) is 0 Å². The van der Waals surface area contributed by atoms with Crippen LogP contribution in [0.4, 0.5) is 5.69 Å². The van der Waals surface area contributed by atoms with Gasteiger partial charge < -0.3 is 15.2 Å². The maximum Gasteiger partial charge on any atom is 0.337 e. The molecule has 17 heavy (non-hydrogen) atoms. The van der Waals surface area contributed by atoms with Crippen LogP contribution in [-0.4, -0.2) is 37.0 Å². The minimum Gasteiger partial charge on any atom is -0.480 e. The number of rotatable bonds is 5. The Balaban J connectivity index is 2.97. The Labute approximate surface area is 97.2 Å². The molecule has 2 N–H and O–H groups in total. The first kappa shape index (κ1) is 12.7. The van der Waals surface area contributed by atoms with Crippen LogP contribution >= 0.6 is 0 Å². The van der Waals surface area contributed by atoms with E-state index in [9.17, 15) is 14.4 Å². The lowest BCUT2D eigenvalue weighted by molar-refractivity contribution is -0.134. The van der Waals surface area contributed by atoms with E-state index < -0.39 is 11.9 Å². The van der Waals surface area contributed by atoms with Gasteiger partial charge in [-0.3, -0.25) is 9.59 Å². The fourth-order valence-corrected chi connectivity index (χ4v) is 1.24. The smallest absolute Gasteiger partial charge is 0.337 e. The molecule has 1 aromatic rings. The molecule has 0 aromatic heterocycles. The van der Waals surface area contributed by atoms with Crippen LogP contribution in [0.15, 0.2) is 18.2 Å². The molecule has 1 aromatic carbocycles.